The number of ketones is 1. The van der Waals surface area contributed by atoms with Gasteiger partial charge in [0.2, 0.25) is 0 Å². The number of aliphatic hydroxyl groups is 1. The van der Waals surface area contributed by atoms with Crippen molar-refractivity contribution in [3.63, 3.8) is 0 Å². The fourth-order valence-electron chi connectivity index (χ4n) is 4.99. The van der Waals surface area contributed by atoms with E-state index in [9.17, 15) is 19.8 Å². The van der Waals surface area contributed by atoms with Crippen LogP contribution in [0.4, 0.5) is 0 Å². The van der Waals surface area contributed by atoms with E-state index in [4.69, 9.17) is 4.42 Å². The van der Waals surface area contributed by atoms with Crippen molar-refractivity contribution in [3.8, 4) is 5.75 Å². The van der Waals surface area contributed by atoms with Gasteiger partial charge in [-0.25, -0.2) is 4.79 Å². The first-order valence-corrected chi connectivity index (χ1v) is 13.6. The first-order chi connectivity index (χ1) is 17.7. The largest absolute Gasteiger partial charge is 0.507 e. The van der Waals surface area contributed by atoms with Gasteiger partial charge >= 0.3 is 5.63 Å². The van der Waals surface area contributed by atoms with Crippen molar-refractivity contribution >= 4 is 11.4 Å². The molecule has 5 heteroatoms. The summed E-state index contributed by atoms with van der Waals surface area (Å²) in [5, 5.41) is 19.7. The molecule has 0 saturated carbocycles. The van der Waals surface area contributed by atoms with Gasteiger partial charge in [-0.2, -0.15) is 0 Å². The molecule has 0 radical (unpaired) electrons. The highest BCUT2D eigenvalue weighted by atomic mass is 16.4. The predicted octanol–water partition coefficient (Wildman–Crippen LogP) is 7.79. The highest BCUT2D eigenvalue weighted by Gasteiger charge is 2.18. The molecule has 0 aromatic carbocycles. The van der Waals surface area contributed by atoms with Gasteiger partial charge < -0.3 is 14.6 Å². The van der Waals surface area contributed by atoms with E-state index in [1.165, 1.54) is 5.57 Å². The quantitative estimate of drug-likeness (QED) is 0.203. The number of rotatable bonds is 13. The van der Waals surface area contributed by atoms with Gasteiger partial charge in [0, 0.05) is 11.5 Å². The van der Waals surface area contributed by atoms with Crippen molar-refractivity contribution < 1.29 is 19.4 Å². The van der Waals surface area contributed by atoms with E-state index in [0.29, 0.717) is 23.3 Å². The molecule has 0 aliphatic rings. The number of aliphatic hydroxyl groups excluding tert-OH is 1. The molecule has 0 aliphatic heterocycles. The fourth-order valence-corrected chi connectivity index (χ4v) is 4.99. The molecule has 3 atom stereocenters. The summed E-state index contributed by atoms with van der Waals surface area (Å²) in [4.78, 5) is 24.6. The Morgan fingerprint density at radius 1 is 0.947 bits per heavy atom. The zero-order valence-electron chi connectivity index (χ0n) is 25.1. The van der Waals surface area contributed by atoms with Gasteiger partial charge in [0.25, 0.3) is 0 Å². The summed E-state index contributed by atoms with van der Waals surface area (Å²) in [6.45, 7) is 19.4. The van der Waals surface area contributed by atoms with Gasteiger partial charge in [-0.15, -0.1) is 0 Å². The lowest BCUT2D eigenvalue weighted by Gasteiger charge is -2.13. The molecular formula is C33H48O5. The third-order valence-corrected chi connectivity index (χ3v) is 6.67. The minimum atomic E-state index is -0.513. The Bertz CT molecular complexity index is 1190. The van der Waals surface area contributed by atoms with Crippen molar-refractivity contribution in [1.82, 2.24) is 0 Å². The lowest BCUT2D eigenvalue weighted by molar-refractivity contribution is -0.120. The van der Waals surface area contributed by atoms with Crippen molar-refractivity contribution in [3.05, 3.63) is 80.0 Å². The molecule has 2 N–H and O–H groups in total. The summed E-state index contributed by atoms with van der Waals surface area (Å²) >= 11 is 0. The van der Waals surface area contributed by atoms with Crippen molar-refractivity contribution in [1.29, 1.82) is 0 Å². The molecular weight excluding hydrogens is 476 g/mol. The van der Waals surface area contributed by atoms with Gasteiger partial charge in [0.05, 0.1) is 12.2 Å². The van der Waals surface area contributed by atoms with Gasteiger partial charge in [0.1, 0.15) is 11.5 Å². The minimum absolute atomic E-state index is 0.00525. The van der Waals surface area contributed by atoms with Crippen LogP contribution in [0.3, 0.4) is 0 Å². The standard InChI is InChI=1S/C33H48O5/c1-11-12-29(19-34)30(35)25(7)17-23(5)15-21(3)13-20(2)14-22(4)16-24(6)18-26(8)32-27(9)31(36)28(10)33(37)38-32/h13-15,17-18,23-24,29,34,36H,11-12,16,19H2,1-10H3/b20-13+,21-15+,22-14+,25-17+,26-18+. The zero-order chi connectivity index (χ0) is 29.2. The molecule has 1 aromatic heterocycles. The second-order valence-electron chi connectivity index (χ2n) is 10.9. The van der Waals surface area contributed by atoms with Crippen LogP contribution in [0.1, 0.15) is 91.5 Å². The third kappa shape index (κ3) is 10.1. The van der Waals surface area contributed by atoms with E-state index in [2.05, 4.69) is 58.9 Å². The van der Waals surface area contributed by atoms with E-state index in [-0.39, 0.29) is 41.5 Å². The van der Waals surface area contributed by atoms with Gasteiger partial charge in [0.15, 0.2) is 5.78 Å². The topological polar surface area (TPSA) is 87.7 Å². The summed E-state index contributed by atoms with van der Waals surface area (Å²) in [7, 11) is 0. The van der Waals surface area contributed by atoms with Crippen molar-refractivity contribution in [2.45, 2.75) is 88.5 Å². The van der Waals surface area contributed by atoms with Crippen LogP contribution in [0.5, 0.6) is 5.75 Å². The van der Waals surface area contributed by atoms with E-state index in [1.807, 2.05) is 26.8 Å². The Kier molecular flexibility index (Phi) is 13.5. The van der Waals surface area contributed by atoms with Crippen LogP contribution < -0.4 is 5.63 Å². The molecule has 0 saturated heterocycles. The summed E-state index contributed by atoms with van der Waals surface area (Å²) in [6, 6.07) is 0. The molecule has 0 bridgehead atoms. The Morgan fingerprint density at radius 2 is 1.58 bits per heavy atom. The summed E-state index contributed by atoms with van der Waals surface area (Å²) < 4.78 is 5.44. The molecule has 210 valence electrons. The normalized spacial score (nSPS) is 16.4. The van der Waals surface area contributed by atoms with Crippen LogP contribution in [0.2, 0.25) is 0 Å². The highest BCUT2D eigenvalue weighted by molar-refractivity contribution is 5.96. The number of allylic oxidation sites excluding steroid dienone is 10. The van der Waals surface area contributed by atoms with Crippen LogP contribution in [-0.2, 0) is 4.79 Å². The average Bonchev–Trinajstić information content (AvgIpc) is 2.82. The molecule has 1 aromatic rings. The molecule has 0 fully saturated rings. The summed E-state index contributed by atoms with van der Waals surface area (Å²) in [6.07, 6.45) is 12.9. The third-order valence-electron chi connectivity index (χ3n) is 6.67. The lowest BCUT2D eigenvalue weighted by atomic mass is 9.92. The minimum Gasteiger partial charge on any atom is -0.507 e. The molecule has 1 heterocycles. The predicted molar refractivity (Wildman–Crippen MR) is 158 cm³/mol. The van der Waals surface area contributed by atoms with Gasteiger partial charge in [-0.1, -0.05) is 74.3 Å². The Morgan fingerprint density at radius 3 is 2.16 bits per heavy atom. The number of hydrogen-bond acceptors (Lipinski definition) is 5. The number of carbonyl (C=O) groups excluding carboxylic acids is 1. The van der Waals surface area contributed by atoms with Crippen LogP contribution in [-0.4, -0.2) is 22.6 Å². The average molecular weight is 525 g/mol. The second kappa shape index (κ2) is 15.5. The van der Waals surface area contributed by atoms with Crippen LogP contribution in [0, 0.1) is 31.6 Å². The lowest BCUT2D eigenvalue weighted by Crippen LogP contribution is -2.19. The molecule has 0 spiro atoms. The SMILES string of the molecule is CCCC(CO)C(=O)/C(C)=C/C(C)/C=C(C)/C=C(C)/C=C(\C)CC(C)/C=C(\C)c1oc(=O)c(C)c(O)c1C. The highest BCUT2D eigenvalue weighted by Crippen LogP contribution is 2.28. The van der Waals surface area contributed by atoms with Crippen LogP contribution >= 0.6 is 0 Å². The van der Waals surface area contributed by atoms with Crippen molar-refractivity contribution in [2.24, 2.45) is 17.8 Å². The molecule has 1 rings (SSSR count). The Labute approximate surface area is 229 Å². The Balaban J connectivity index is 2.93. The number of hydrogen-bond donors (Lipinski definition) is 2. The number of aromatic hydroxyl groups is 1. The van der Waals surface area contributed by atoms with Crippen LogP contribution in [0.15, 0.2) is 61.9 Å². The second-order valence-corrected chi connectivity index (χ2v) is 10.9. The molecule has 38 heavy (non-hydrogen) atoms. The van der Waals surface area contributed by atoms with Crippen LogP contribution in [0.25, 0.3) is 5.57 Å². The monoisotopic (exact) mass is 524 g/mol. The number of Topliss-reactive ketones (excluding diaryl/α,β-unsaturated/α-hetero) is 1. The summed E-state index contributed by atoms with van der Waals surface area (Å²) in [5.74, 6) is 0.468. The van der Waals surface area contributed by atoms with Crippen molar-refractivity contribution in [2.75, 3.05) is 6.61 Å². The fraction of sp³-hybridized carbons (Fsp3) is 0.515. The molecule has 0 amide bonds. The van der Waals surface area contributed by atoms with E-state index in [1.54, 1.807) is 13.8 Å². The summed E-state index contributed by atoms with van der Waals surface area (Å²) in [5.41, 5.74) is 5.32. The maximum atomic E-state index is 12.6. The smallest absolute Gasteiger partial charge is 0.342 e. The molecule has 0 aliphatic carbocycles. The Hall–Kier alpha value is -2.92. The van der Waals surface area contributed by atoms with Gasteiger partial charge in [-0.05, 0) is 84.3 Å². The van der Waals surface area contributed by atoms with E-state index < -0.39 is 5.63 Å². The maximum Gasteiger partial charge on any atom is 0.342 e. The zero-order valence-corrected chi connectivity index (χ0v) is 25.1. The molecule has 5 nitrogen and oxygen atoms in total. The molecule has 3 unspecified atom stereocenters. The maximum absolute atomic E-state index is 12.6. The van der Waals surface area contributed by atoms with E-state index >= 15 is 0 Å². The number of carbonyl (C=O) groups is 1. The van der Waals surface area contributed by atoms with E-state index in [0.717, 1.165) is 29.6 Å². The first kappa shape index (κ1) is 33.1. The van der Waals surface area contributed by atoms with Gasteiger partial charge in [-0.3, -0.25) is 4.79 Å². The first-order valence-electron chi connectivity index (χ1n) is 13.6.